The molecule has 1 N–H and O–H groups in total. The summed E-state index contributed by atoms with van der Waals surface area (Å²) >= 11 is 0. The third kappa shape index (κ3) is 5.50. The molecule has 2 amide bonds. The summed E-state index contributed by atoms with van der Waals surface area (Å²) in [6.45, 7) is 0.582. The number of ether oxygens (including phenoxy) is 1. The Hall–Kier alpha value is -1.92. The maximum atomic E-state index is 11.9. The summed E-state index contributed by atoms with van der Waals surface area (Å²) in [7, 11) is 3.10. The van der Waals surface area contributed by atoms with Gasteiger partial charge < -0.3 is 9.64 Å². The number of methoxy groups -OCH3 is 1. The maximum absolute atomic E-state index is 11.9. The summed E-state index contributed by atoms with van der Waals surface area (Å²) in [6.07, 6.45) is 0. The summed E-state index contributed by atoms with van der Waals surface area (Å²) in [4.78, 5) is 29.6. The van der Waals surface area contributed by atoms with E-state index in [1.807, 2.05) is 6.07 Å². The summed E-state index contributed by atoms with van der Waals surface area (Å²) in [5.74, 6) is -0.601. The van der Waals surface area contributed by atoms with Crippen molar-refractivity contribution in [1.29, 1.82) is 0 Å². The Labute approximate surface area is 112 Å². The minimum atomic E-state index is -0.386. The van der Waals surface area contributed by atoms with Gasteiger partial charge in [0.25, 0.3) is 11.8 Å². The van der Waals surface area contributed by atoms with Gasteiger partial charge in [-0.2, -0.15) is 0 Å². The van der Waals surface area contributed by atoms with Crippen LogP contribution in [-0.2, 0) is 14.4 Å². The van der Waals surface area contributed by atoms with Crippen LogP contribution in [-0.4, -0.2) is 50.6 Å². The third-order valence-corrected chi connectivity index (χ3v) is 2.32. The van der Waals surface area contributed by atoms with Crippen molar-refractivity contribution in [1.82, 2.24) is 10.4 Å². The highest BCUT2D eigenvalue weighted by atomic mass is 16.7. The molecule has 104 valence electrons. The lowest BCUT2D eigenvalue weighted by atomic mass is 10.2. The number of benzene rings is 1. The molecule has 6 nitrogen and oxygen atoms in total. The molecule has 0 heterocycles. The minimum Gasteiger partial charge on any atom is -0.382 e. The molecule has 1 rings (SSSR count). The topological polar surface area (TPSA) is 67.9 Å². The van der Waals surface area contributed by atoms with E-state index in [2.05, 4.69) is 5.48 Å². The van der Waals surface area contributed by atoms with E-state index in [1.165, 1.54) is 12.0 Å². The number of likely N-dealkylation sites (N-methyl/N-ethyl adjacent to an activating group) is 1. The van der Waals surface area contributed by atoms with E-state index in [-0.39, 0.29) is 25.0 Å². The van der Waals surface area contributed by atoms with E-state index in [1.54, 1.807) is 31.3 Å². The normalized spacial score (nSPS) is 10.0. The third-order valence-electron chi connectivity index (χ3n) is 2.32. The Balaban J connectivity index is 2.36. The standard InChI is InChI=1S/C13H18N2O4/c1-15(10-12(16)14-19-9-8-18-2)13(17)11-6-4-3-5-7-11/h3-7H,8-10H2,1-2H3,(H,14,16). The van der Waals surface area contributed by atoms with Crippen molar-refractivity contribution < 1.29 is 19.2 Å². The second kappa shape index (κ2) is 8.23. The molecule has 0 aliphatic carbocycles. The largest absolute Gasteiger partial charge is 0.382 e. The number of hydrogen-bond acceptors (Lipinski definition) is 4. The lowest BCUT2D eigenvalue weighted by Crippen LogP contribution is -2.38. The molecule has 0 aliphatic rings. The first kappa shape index (κ1) is 15.1. The lowest BCUT2D eigenvalue weighted by Gasteiger charge is -2.16. The second-order valence-corrected chi connectivity index (χ2v) is 3.89. The monoisotopic (exact) mass is 266 g/mol. The SMILES string of the molecule is COCCONC(=O)CN(C)C(=O)c1ccccc1. The smallest absolute Gasteiger partial charge is 0.263 e. The fourth-order valence-corrected chi connectivity index (χ4v) is 1.38. The molecule has 0 bridgehead atoms. The number of hydroxylamine groups is 1. The molecule has 0 aromatic heterocycles. The summed E-state index contributed by atoms with van der Waals surface area (Å²) < 4.78 is 4.76. The van der Waals surface area contributed by atoms with Gasteiger partial charge in [-0.3, -0.25) is 14.4 Å². The van der Waals surface area contributed by atoms with Crippen LogP contribution in [0.2, 0.25) is 0 Å². The summed E-state index contributed by atoms with van der Waals surface area (Å²) in [5, 5.41) is 0. The van der Waals surface area contributed by atoms with Gasteiger partial charge in [-0.15, -0.1) is 0 Å². The molecule has 0 fully saturated rings. The molecule has 0 radical (unpaired) electrons. The fourth-order valence-electron chi connectivity index (χ4n) is 1.38. The molecule has 1 aromatic rings. The van der Waals surface area contributed by atoms with Crippen molar-refractivity contribution in [2.75, 3.05) is 33.9 Å². The zero-order valence-corrected chi connectivity index (χ0v) is 11.1. The van der Waals surface area contributed by atoms with Gasteiger partial charge in [0.2, 0.25) is 0 Å². The van der Waals surface area contributed by atoms with Crippen molar-refractivity contribution in [2.45, 2.75) is 0 Å². The van der Waals surface area contributed by atoms with Crippen LogP contribution in [0.1, 0.15) is 10.4 Å². The molecular formula is C13H18N2O4. The number of nitrogens with zero attached hydrogens (tertiary/aromatic N) is 1. The van der Waals surface area contributed by atoms with E-state index in [0.29, 0.717) is 12.2 Å². The number of rotatable bonds is 7. The molecule has 1 aromatic carbocycles. The van der Waals surface area contributed by atoms with Gasteiger partial charge in [-0.25, -0.2) is 5.48 Å². The Morgan fingerprint density at radius 3 is 2.53 bits per heavy atom. The van der Waals surface area contributed by atoms with Gasteiger partial charge in [0.15, 0.2) is 0 Å². The predicted molar refractivity (Wildman–Crippen MR) is 69.4 cm³/mol. The van der Waals surface area contributed by atoms with E-state index in [0.717, 1.165) is 0 Å². The predicted octanol–water partition coefficient (Wildman–Crippen LogP) is 0.453. The molecule has 0 unspecified atom stereocenters. The van der Waals surface area contributed by atoms with Crippen LogP contribution in [0.25, 0.3) is 0 Å². The van der Waals surface area contributed by atoms with Crippen LogP contribution in [0.3, 0.4) is 0 Å². The molecule has 19 heavy (non-hydrogen) atoms. The van der Waals surface area contributed by atoms with Crippen LogP contribution in [0, 0.1) is 0 Å². The number of carbonyl (C=O) groups is 2. The minimum absolute atomic E-state index is 0.0687. The van der Waals surface area contributed by atoms with Crippen molar-refractivity contribution >= 4 is 11.8 Å². The highest BCUT2D eigenvalue weighted by Crippen LogP contribution is 2.02. The van der Waals surface area contributed by atoms with Crippen molar-refractivity contribution in [3.05, 3.63) is 35.9 Å². The molecule has 0 saturated carbocycles. The van der Waals surface area contributed by atoms with Crippen molar-refractivity contribution in [3.63, 3.8) is 0 Å². The van der Waals surface area contributed by atoms with E-state index >= 15 is 0 Å². The lowest BCUT2D eigenvalue weighted by molar-refractivity contribution is -0.135. The Kier molecular flexibility index (Phi) is 6.56. The highest BCUT2D eigenvalue weighted by Gasteiger charge is 2.14. The zero-order valence-electron chi connectivity index (χ0n) is 11.1. The van der Waals surface area contributed by atoms with Crippen molar-refractivity contribution in [3.8, 4) is 0 Å². The first-order chi connectivity index (χ1) is 9.15. The van der Waals surface area contributed by atoms with Crippen LogP contribution >= 0.6 is 0 Å². The van der Waals surface area contributed by atoms with E-state index < -0.39 is 0 Å². The summed E-state index contributed by atoms with van der Waals surface area (Å²) in [5.41, 5.74) is 2.78. The Bertz CT molecular complexity index is 408. The van der Waals surface area contributed by atoms with E-state index in [9.17, 15) is 9.59 Å². The van der Waals surface area contributed by atoms with Crippen molar-refractivity contribution in [2.24, 2.45) is 0 Å². The van der Waals surface area contributed by atoms with Crippen LogP contribution in [0.4, 0.5) is 0 Å². The molecule has 0 saturated heterocycles. The first-order valence-electron chi connectivity index (χ1n) is 5.85. The number of hydrogen-bond donors (Lipinski definition) is 1. The van der Waals surface area contributed by atoms with Crippen LogP contribution in [0.15, 0.2) is 30.3 Å². The van der Waals surface area contributed by atoms with Gasteiger partial charge in [0.1, 0.15) is 6.54 Å². The fraction of sp³-hybridized carbons (Fsp3) is 0.385. The quantitative estimate of drug-likeness (QED) is 0.575. The van der Waals surface area contributed by atoms with Gasteiger partial charge >= 0.3 is 0 Å². The maximum Gasteiger partial charge on any atom is 0.263 e. The van der Waals surface area contributed by atoms with Gasteiger partial charge in [-0.1, -0.05) is 18.2 Å². The Morgan fingerprint density at radius 1 is 1.21 bits per heavy atom. The van der Waals surface area contributed by atoms with Crippen LogP contribution < -0.4 is 5.48 Å². The molecule has 0 aliphatic heterocycles. The second-order valence-electron chi connectivity index (χ2n) is 3.89. The van der Waals surface area contributed by atoms with E-state index in [4.69, 9.17) is 9.57 Å². The van der Waals surface area contributed by atoms with Crippen LogP contribution in [0.5, 0.6) is 0 Å². The molecule has 6 heteroatoms. The molecule has 0 spiro atoms. The zero-order chi connectivity index (χ0) is 14.1. The summed E-state index contributed by atoms with van der Waals surface area (Å²) in [6, 6.07) is 8.77. The first-order valence-corrected chi connectivity index (χ1v) is 5.85. The number of amides is 2. The highest BCUT2D eigenvalue weighted by molar-refractivity contribution is 5.96. The van der Waals surface area contributed by atoms with Gasteiger partial charge in [0.05, 0.1) is 13.2 Å². The average molecular weight is 266 g/mol. The number of carbonyl (C=O) groups excluding carboxylic acids is 2. The Morgan fingerprint density at radius 2 is 1.89 bits per heavy atom. The molecule has 0 atom stereocenters. The van der Waals surface area contributed by atoms with Gasteiger partial charge in [-0.05, 0) is 12.1 Å². The number of nitrogens with one attached hydrogen (secondary N) is 1. The molecular weight excluding hydrogens is 248 g/mol. The average Bonchev–Trinajstić information content (AvgIpc) is 2.43. The van der Waals surface area contributed by atoms with Gasteiger partial charge in [0, 0.05) is 19.7 Å².